The number of carbonyl (C=O) groups excluding carboxylic acids is 1. The van der Waals surface area contributed by atoms with Crippen molar-refractivity contribution < 1.29 is 9.53 Å². The Hall–Kier alpha value is -2.36. The maximum atomic E-state index is 12.1. The molecule has 0 saturated heterocycles. The number of carbonyl (C=O) groups is 1. The molecule has 1 aromatic heterocycles. The van der Waals surface area contributed by atoms with Crippen molar-refractivity contribution in [1.29, 1.82) is 0 Å². The number of nitrogens with zero attached hydrogens (tertiary/aromatic N) is 1. The lowest BCUT2D eigenvalue weighted by Crippen LogP contribution is -2.32. The van der Waals surface area contributed by atoms with Gasteiger partial charge in [0.05, 0.1) is 7.11 Å². The first-order valence-electron chi connectivity index (χ1n) is 7.07. The Kier molecular flexibility index (Phi) is 3.60. The standard InChI is InChI=1S/C17H18N2O2/c1-21-14-7-5-13(6-8-14)17(9-10-17)12-19-16(20)15-4-2-3-11-18-15/h2-8,11H,9-10,12H2,1H3,(H,19,20). The minimum atomic E-state index is -0.115. The second-order valence-electron chi connectivity index (χ2n) is 5.41. The largest absolute Gasteiger partial charge is 0.497 e. The second-order valence-corrected chi connectivity index (χ2v) is 5.41. The van der Waals surface area contributed by atoms with Crippen LogP contribution in [-0.2, 0) is 5.41 Å². The van der Waals surface area contributed by atoms with Gasteiger partial charge >= 0.3 is 0 Å². The Morgan fingerprint density at radius 2 is 2.00 bits per heavy atom. The van der Waals surface area contributed by atoms with E-state index in [4.69, 9.17) is 4.74 Å². The van der Waals surface area contributed by atoms with Crippen LogP contribution in [0.1, 0.15) is 28.9 Å². The van der Waals surface area contributed by atoms with E-state index >= 15 is 0 Å². The fourth-order valence-corrected chi connectivity index (χ4v) is 2.50. The predicted octanol–water partition coefficient (Wildman–Crippen LogP) is 2.55. The van der Waals surface area contributed by atoms with Gasteiger partial charge in [0.1, 0.15) is 11.4 Å². The number of amides is 1. The Bertz CT molecular complexity index is 619. The molecule has 0 spiro atoms. The van der Waals surface area contributed by atoms with Gasteiger partial charge in [0, 0.05) is 18.2 Å². The molecule has 1 amide bonds. The molecule has 2 aromatic rings. The van der Waals surface area contributed by atoms with Crippen LogP contribution in [-0.4, -0.2) is 24.5 Å². The highest BCUT2D eigenvalue weighted by atomic mass is 16.5. The summed E-state index contributed by atoms with van der Waals surface area (Å²) in [5.74, 6) is 0.738. The summed E-state index contributed by atoms with van der Waals surface area (Å²) in [5.41, 5.74) is 1.80. The summed E-state index contributed by atoms with van der Waals surface area (Å²) in [4.78, 5) is 16.1. The first-order chi connectivity index (χ1) is 10.2. The topological polar surface area (TPSA) is 51.2 Å². The zero-order valence-corrected chi connectivity index (χ0v) is 12.0. The average Bonchev–Trinajstić information content (AvgIpc) is 3.35. The maximum absolute atomic E-state index is 12.1. The van der Waals surface area contributed by atoms with Gasteiger partial charge in [-0.05, 0) is 42.7 Å². The normalized spacial score (nSPS) is 15.3. The van der Waals surface area contributed by atoms with Crippen LogP contribution in [0.4, 0.5) is 0 Å². The highest BCUT2D eigenvalue weighted by Crippen LogP contribution is 2.47. The van der Waals surface area contributed by atoms with Crippen LogP contribution < -0.4 is 10.1 Å². The molecule has 1 fully saturated rings. The number of hydrogen-bond donors (Lipinski definition) is 1. The average molecular weight is 282 g/mol. The third kappa shape index (κ3) is 2.89. The Labute approximate surface area is 124 Å². The fourth-order valence-electron chi connectivity index (χ4n) is 2.50. The van der Waals surface area contributed by atoms with Crippen molar-refractivity contribution in [3.05, 3.63) is 59.9 Å². The van der Waals surface area contributed by atoms with Crippen molar-refractivity contribution in [2.24, 2.45) is 0 Å². The van der Waals surface area contributed by atoms with Crippen molar-refractivity contribution >= 4 is 5.91 Å². The Morgan fingerprint density at radius 3 is 2.57 bits per heavy atom. The fraction of sp³-hybridized carbons (Fsp3) is 0.294. The van der Waals surface area contributed by atoms with Crippen molar-refractivity contribution in [2.45, 2.75) is 18.3 Å². The van der Waals surface area contributed by atoms with E-state index in [2.05, 4.69) is 22.4 Å². The van der Waals surface area contributed by atoms with Gasteiger partial charge in [0.15, 0.2) is 0 Å². The number of pyridine rings is 1. The Balaban J connectivity index is 1.65. The molecule has 0 radical (unpaired) electrons. The molecule has 0 aliphatic heterocycles. The van der Waals surface area contributed by atoms with Crippen LogP contribution in [0.2, 0.25) is 0 Å². The molecule has 0 atom stereocenters. The van der Waals surface area contributed by atoms with Gasteiger partial charge in [0.25, 0.3) is 5.91 Å². The summed E-state index contributed by atoms with van der Waals surface area (Å²) < 4.78 is 5.18. The minimum Gasteiger partial charge on any atom is -0.497 e. The number of hydrogen-bond acceptors (Lipinski definition) is 3. The predicted molar refractivity (Wildman–Crippen MR) is 80.5 cm³/mol. The zero-order valence-electron chi connectivity index (χ0n) is 12.0. The van der Waals surface area contributed by atoms with E-state index in [1.165, 1.54) is 5.56 Å². The zero-order chi connectivity index (χ0) is 14.7. The smallest absolute Gasteiger partial charge is 0.269 e. The summed E-state index contributed by atoms with van der Waals surface area (Å²) in [5, 5.41) is 3.00. The maximum Gasteiger partial charge on any atom is 0.269 e. The van der Waals surface area contributed by atoms with Crippen LogP contribution >= 0.6 is 0 Å². The van der Waals surface area contributed by atoms with Crippen LogP contribution in [0.25, 0.3) is 0 Å². The highest BCUT2D eigenvalue weighted by Gasteiger charge is 2.44. The third-order valence-corrected chi connectivity index (χ3v) is 4.04. The number of benzene rings is 1. The molecule has 3 rings (SSSR count). The van der Waals surface area contributed by atoms with E-state index in [-0.39, 0.29) is 11.3 Å². The molecule has 1 aromatic carbocycles. The Morgan fingerprint density at radius 1 is 1.24 bits per heavy atom. The SMILES string of the molecule is COc1ccc(C2(CNC(=O)c3ccccn3)CC2)cc1. The van der Waals surface area contributed by atoms with E-state index in [1.54, 1.807) is 25.4 Å². The first-order valence-corrected chi connectivity index (χ1v) is 7.07. The van der Waals surface area contributed by atoms with Gasteiger partial charge in [0.2, 0.25) is 0 Å². The molecule has 1 heterocycles. The van der Waals surface area contributed by atoms with Gasteiger partial charge in [-0.15, -0.1) is 0 Å². The molecule has 1 N–H and O–H groups in total. The van der Waals surface area contributed by atoms with Gasteiger partial charge in [-0.1, -0.05) is 18.2 Å². The molecule has 1 aliphatic carbocycles. The van der Waals surface area contributed by atoms with Crippen LogP contribution in [0.5, 0.6) is 5.75 Å². The highest BCUT2D eigenvalue weighted by molar-refractivity contribution is 5.92. The van der Waals surface area contributed by atoms with E-state index in [9.17, 15) is 4.79 Å². The summed E-state index contributed by atoms with van der Waals surface area (Å²) in [6.07, 6.45) is 3.83. The third-order valence-electron chi connectivity index (χ3n) is 4.04. The van der Waals surface area contributed by atoms with Crippen molar-refractivity contribution in [1.82, 2.24) is 10.3 Å². The van der Waals surface area contributed by atoms with Crippen LogP contribution in [0.3, 0.4) is 0 Å². The van der Waals surface area contributed by atoms with Crippen molar-refractivity contribution in [3.63, 3.8) is 0 Å². The summed E-state index contributed by atoms with van der Waals surface area (Å²) >= 11 is 0. The lowest BCUT2D eigenvalue weighted by Gasteiger charge is -2.17. The van der Waals surface area contributed by atoms with Crippen molar-refractivity contribution in [3.8, 4) is 5.75 Å². The summed E-state index contributed by atoms with van der Waals surface area (Å²) in [6.45, 7) is 0.648. The molecule has 4 nitrogen and oxygen atoms in total. The summed E-state index contributed by atoms with van der Waals surface area (Å²) in [6, 6.07) is 13.4. The molecule has 108 valence electrons. The minimum absolute atomic E-state index is 0.0801. The number of ether oxygens (including phenoxy) is 1. The second kappa shape index (κ2) is 5.56. The molecular formula is C17H18N2O2. The first kappa shape index (κ1) is 13.6. The molecule has 4 heteroatoms. The molecule has 0 bridgehead atoms. The number of methoxy groups -OCH3 is 1. The van der Waals surface area contributed by atoms with Gasteiger partial charge < -0.3 is 10.1 Å². The summed E-state index contributed by atoms with van der Waals surface area (Å²) in [7, 11) is 1.66. The van der Waals surface area contributed by atoms with Gasteiger partial charge in [-0.3, -0.25) is 9.78 Å². The lowest BCUT2D eigenvalue weighted by molar-refractivity contribution is 0.0944. The number of nitrogens with one attached hydrogen (secondary N) is 1. The monoisotopic (exact) mass is 282 g/mol. The molecule has 1 saturated carbocycles. The number of rotatable bonds is 5. The molecule has 0 unspecified atom stereocenters. The van der Waals surface area contributed by atoms with E-state index in [1.807, 2.05) is 18.2 Å². The van der Waals surface area contributed by atoms with E-state index in [0.29, 0.717) is 12.2 Å². The molecular weight excluding hydrogens is 264 g/mol. The molecule has 1 aliphatic rings. The quantitative estimate of drug-likeness (QED) is 0.917. The van der Waals surface area contributed by atoms with Gasteiger partial charge in [-0.25, -0.2) is 0 Å². The lowest BCUT2D eigenvalue weighted by atomic mass is 9.96. The van der Waals surface area contributed by atoms with E-state index in [0.717, 1.165) is 18.6 Å². The number of aromatic nitrogens is 1. The van der Waals surface area contributed by atoms with Crippen LogP contribution in [0.15, 0.2) is 48.7 Å². The van der Waals surface area contributed by atoms with Crippen LogP contribution in [0, 0.1) is 0 Å². The van der Waals surface area contributed by atoms with Gasteiger partial charge in [-0.2, -0.15) is 0 Å². The molecule has 21 heavy (non-hydrogen) atoms. The van der Waals surface area contributed by atoms with Crippen molar-refractivity contribution in [2.75, 3.05) is 13.7 Å². The van der Waals surface area contributed by atoms with E-state index < -0.39 is 0 Å².